The molecule has 0 heterocycles. The fourth-order valence-corrected chi connectivity index (χ4v) is 1.93. The van der Waals surface area contributed by atoms with E-state index in [2.05, 4.69) is 17.8 Å². The molecule has 1 unspecified atom stereocenters. The van der Waals surface area contributed by atoms with Crippen molar-refractivity contribution >= 4 is 0 Å². The van der Waals surface area contributed by atoms with Crippen LogP contribution >= 0.6 is 0 Å². The summed E-state index contributed by atoms with van der Waals surface area (Å²) in [5, 5.41) is 0. The molecule has 0 saturated heterocycles. The highest BCUT2D eigenvalue weighted by molar-refractivity contribution is 5.07. The fourth-order valence-electron chi connectivity index (χ4n) is 1.93. The van der Waals surface area contributed by atoms with Crippen LogP contribution in [0.5, 0.6) is 0 Å². The quantitative estimate of drug-likeness (QED) is 0.296. The zero-order chi connectivity index (χ0) is 14.9. The summed E-state index contributed by atoms with van der Waals surface area (Å²) >= 11 is 0. The molecular formula is C18H30O2. The Morgan fingerprint density at radius 2 is 1.55 bits per heavy atom. The summed E-state index contributed by atoms with van der Waals surface area (Å²) in [6.07, 6.45) is 15.4. The lowest BCUT2D eigenvalue weighted by Crippen LogP contribution is -2.13. The maximum absolute atomic E-state index is 5.52. The Morgan fingerprint density at radius 1 is 0.900 bits per heavy atom. The normalized spacial score (nSPS) is 11.4. The van der Waals surface area contributed by atoms with Gasteiger partial charge in [0.2, 0.25) is 0 Å². The first-order valence-electron chi connectivity index (χ1n) is 7.93. The Kier molecular flexibility index (Phi) is 15.3. The van der Waals surface area contributed by atoms with E-state index >= 15 is 0 Å². The van der Waals surface area contributed by atoms with Crippen molar-refractivity contribution in [3.8, 4) is 24.2 Å². The van der Waals surface area contributed by atoms with E-state index in [4.69, 9.17) is 15.9 Å². The molecule has 0 aliphatic rings. The van der Waals surface area contributed by atoms with Crippen LogP contribution in [0.3, 0.4) is 0 Å². The molecule has 0 radical (unpaired) electrons. The summed E-state index contributed by atoms with van der Waals surface area (Å²) in [6, 6.07) is 0. The van der Waals surface area contributed by atoms with Gasteiger partial charge in [-0.3, -0.25) is 0 Å². The third-order valence-corrected chi connectivity index (χ3v) is 3.02. The Hall–Kier alpha value is -0.960. The number of rotatable bonds is 12. The van der Waals surface area contributed by atoms with Crippen molar-refractivity contribution in [1.82, 2.24) is 0 Å². The van der Waals surface area contributed by atoms with Gasteiger partial charge >= 0.3 is 0 Å². The van der Waals surface area contributed by atoms with Gasteiger partial charge in [-0.15, -0.1) is 12.3 Å². The summed E-state index contributed by atoms with van der Waals surface area (Å²) < 4.78 is 10.8. The van der Waals surface area contributed by atoms with Gasteiger partial charge in [0.05, 0.1) is 6.42 Å². The molecule has 0 aromatic carbocycles. The number of ether oxygens (including phenoxy) is 2. The molecule has 0 aromatic heterocycles. The Bertz CT molecular complexity index is 293. The van der Waals surface area contributed by atoms with Gasteiger partial charge in [0.15, 0.2) is 6.29 Å². The highest BCUT2D eigenvalue weighted by Crippen LogP contribution is 2.08. The van der Waals surface area contributed by atoms with Gasteiger partial charge in [-0.1, -0.05) is 43.9 Å². The molecule has 114 valence electrons. The van der Waals surface area contributed by atoms with Crippen LogP contribution in [0, 0.1) is 24.2 Å². The van der Waals surface area contributed by atoms with Crippen molar-refractivity contribution in [2.24, 2.45) is 0 Å². The molecule has 0 aliphatic heterocycles. The third kappa shape index (κ3) is 15.1. The zero-order valence-electron chi connectivity index (χ0n) is 13.2. The van der Waals surface area contributed by atoms with Crippen LogP contribution in [0.4, 0.5) is 0 Å². The molecule has 2 heteroatoms. The zero-order valence-corrected chi connectivity index (χ0v) is 13.2. The van der Waals surface area contributed by atoms with Crippen molar-refractivity contribution in [1.29, 1.82) is 0 Å². The van der Waals surface area contributed by atoms with Crippen LogP contribution in [0.15, 0.2) is 0 Å². The van der Waals surface area contributed by atoms with Gasteiger partial charge < -0.3 is 9.47 Å². The lowest BCUT2D eigenvalue weighted by atomic mass is 10.1. The van der Waals surface area contributed by atoms with Gasteiger partial charge in [0, 0.05) is 19.6 Å². The monoisotopic (exact) mass is 278 g/mol. The van der Waals surface area contributed by atoms with Crippen molar-refractivity contribution < 1.29 is 9.47 Å². The molecule has 0 aliphatic carbocycles. The molecule has 0 amide bonds. The second-order valence-corrected chi connectivity index (χ2v) is 4.85. The van der Waals surface area contributed by atoms with E-state index < -0.39 is 0 Å². The van der Waals surface area contributed by atoms with E-state index in [0.717, 1.165) is 19.4 Å². The molecule has 0 bridgehead atoms. The largest absolute Gasteiger partial charge is 0.353 e. The predicted molar refractivity (Wildman–Crippen MR) is 85.2 cm³/mol. The number of terminal acetylenes is 1. The minimum Gasteiger partial charge on any atom is -0.353 e. The van der Waals surface area contributed by atoms with Crippen LogP contribution in [-0.4, -0.2) is 19.5 Å². The fraction of sp³-hybridized carbons (Fsp3) is 0.778. The molecule has 0 N–H and O–H groups in total. The Labute approximate surface area is 125 Å². The number of hydrogen-bond acceptors (Lipinski definition) is 2. The third-order valence-electron chi connectivity index (χ3n) is 3.02. The number of unbranched alkanes of at least 4 members (excludes halogenated alkanes) is 7. The highest BCUT2D eigenvalue weighted by atomic mass is 16.7. The van der Waals surface area contributed by atoms with Crippen molar-refractivity contribution in [3.63, 3.8) is 0 Å². The topological polar surface area (TPSA) is 18.5 Å². The average Bonchev–Trinajstić information content (AvgIpc) is 2.44. The second-order valence-electron chi connectivity index (χ2n) is 4.85. The van der Waals surface area contributed by atoms with Crippen LogP contribution < -0.4 is 0 Å². The average molecular weight is 278 g/mol. The van der Waals surface area contributed by atoms with Crippen LogP contribution in [0.25, 0.3) is 0 Å². The molecule has 0 fully saturated rings. The summed E-state index contributed by atoms with van der Waals surface area (Å²) in [7, 11) is 0. The second kappa shape index (κ2) is 16.1. The lowest BCUT2D eigenvalue weighted by molar-refractivity contribution is -0.127. The Morgan fingerprint density at radius 3 is 2.20 bits per heavy atom. The Balaban J connectivity index is 3.11. The number of hydrogen-bond donors (Lipinski definition) is 0. The van der Waals surface area contributed by atoms with E-state index in [0.29, 0.717) is 13.0 Å². The smallest absolute Gasteiger partial charge is 0.154 e. The van der Waals surface area contributed by atoms with Crippen molar-refractivity contribution in [3.05, 3.63) is 0 Å². The van der Waals surface area contributed by atoms with E-state index in [1.54, 1.807) is 0 Å². The standard InChI is InChI=1S/C18H30O2/c1-4-6-7-8-9-10-11-12-13-14-15-16-17-20-18(3)19-5-2/h1,18H,5-6,9-17H2,2-3H3. The first-order valence-corrected chi connectivity index (χ1v) is 7.93. The van der Waals surface area contributed by atoms with E-state index in [9.17, 15) is 0 Å². The summed E-state index contributed by atoms with van der Waals surface area (Å²) in [4.78, 5) is 0. The predicted octanol–water partition coefficient (Wildman–Crippen LogP) is 4.53. The van der Waals surface area contributed by atoms with E-state index in [-0.39, 0.29) is 6.29 Å². The molecule has 0 aromatic rings. The van der Waals surface area contributed by atoms with Gasteiger partial charge in [-0.2, -0.15) is 0 Å². The van der Waals surface area contributed by atoms with Crippen LogP contribution in [-0.2, 0) is 9.47 Å². The minimum atomic E-state index is -0.0596. The molecule has 0 rings (SSSR count). The summed E-state index contributed by atoms with van der Waals surface area (Å²) in [6.45, 7) is 5.47. The molecule has 20 heavy (non-hydrogen) atoms. The maximum Gasteiger partial charge on any atom is 0.154 e. The van der Waals surface area contributed by atoms with Gasteiger partial charge in [0.1, 0.15) is 0 Å². The molecule has 0 saturated carbocycles. The highest BCUT2D eigenvalue weighted by Gasteiger charge is 1.99. The van der Waals surface area contributed by atoms with Crippen LogP contribution in [0.2, 0.25) is 0 Å². The van der Waals surface area contributed by atoms with Gasteiger partial charge in [0.25, 0.3) is 0 Å². The molecule has 0 spiro atoms. The first kappa shape index (κ1) is 19.0. The molecule has 1 atom stereocenters. The van der Waals surface area contributed by atoms with E-state index in [1.165, 1.54) is 38.5 Å². The van der Waals surface area contributed by atoms with E-state index in [1.807, 2.05) is 13.8 Å². The maximum atomic E-state index is 5.52. The van der Waals surface area contributed by atoms with Crippen molar-refractivity contribution in [2.45, 2.75) is 77.9 Å². The summed E-state index contributed by atoms with van der Waals surface area (Å²) in [5.41, 5.74) is 0. The first-order chi connectivity index (χ1) is 9.81. The molecular weight excluding hydrogens is 248 g/mol. The van der Waals surface area contributed by atoms with Gasteiger partial charge in [-0.25, -0.2) is 0 Å². The SMILES string of the molecule is C#CCC#CCCCCCCCCCOC(C)OCC. The van der Waals surface area contributed by atoms with Gasteiger partial charge in [-0.05, 0) is 26.7 Å². The summed E-state index contributed by atoms with van der Waals surface area (Å²) in [5.74, 6) is 8.60. The lowest BCUT2D eigenvalue weighted by Gasteiger charge is -2.12. The molecule has 2 nitrogen and oxygen atoms in total. The van der Waals surface area contributed by atoms with Crippen LogP contribution in [0.1, 0.15) is 71.6 Å². The van der Waals surface area contributed by atoms with Crippen molar-refractivity contribution in [2.75, 3.05) is 13.2 Å². The minimum absolute atomic E-state index is 0.0596.